The Morgan fingerprint density at radius 2 is 1.72 bits per heavy atom. The quantitative estimate of drug-likeness (QED) is 0.678. The molecule has 0 aliphatic rings. The molecule has 0 atom stereocenters. The van der Waals surface area contributed by atoms with Crippen molar-refractivity contribution in [3.63, 3.8) is 0 Å². The van der Waals surface area contributed by atoms with Gasteiger partial charge in [-0.15, -0.1) is 24.5 Å². The van der Waals surface area contributed by atoms with Crippen LogP contribution in [-0.4, -0.2) is 12.3 Å². The fraction of sp³-hybridized carbons (Fsp3) is 0.0556. The Bertz CT molecular complexity index is 858. The molecular formula is C18H11F3NO2S. The molecule has 0 aliphatic heterocycles. The molecule has 3 rings (SSSR count). The van der Waals surface area contributed by atoms with Gasteiger partial charge in [0.15, 0.2) is 0 Å². The van der Waals surface area contributed by atoms with Crippen molar-refractivity contribution in [1.82, 2.24) is 0 Å². The van der Waals surface area contributed by atoms with Crippen LogP contribution in [0.4, 0.5) is 18.9 Å². The number of anilines is 1. The highest BCUT2D eigenvalue weighted by Crippen LogP contribution is 2.29. The van der Waals surface area contributed by atoms with E-state index in [-0.39, 0.29) is 11.7 Å². The van der Waals surface area contributed by atoms with Crippen molar-refractivity contribution >= 4 is 22.9 Å². The highest BCUT2D eigenvalue weighted by Gasteiger charge is 2.30. The molecule has 1 N–H and O–H groups in total. The number of carbonyl (C=O) groups excluding carboxylic acids is 1. The maximum atomic E-state index is 12.2. The van der Waals surface area contributed by atoms with Gasteiger partial charge in [0.25, 0.3) is 5.91 Å². The van der Waals surface area contributed by atoms with E-state index in [0.29, 0.717) is 16.1 Å². The second-order valence-electron chi connectivity index (χ2n) is 5.01. The third-order valence-corrected chi connectivity index (χ3v) is 4.15. The van der Waals surface area contributed by atoms with Crippen LogP contribution in [0.3, 0.4) is 0 Å². The summed E-state index contributed by atoms with van der Waals surface area (Å²) in [5, 5.41) is 4.54. The first-order valence-corrected chi connectivity index (χ1v) is 8.01. The number of amides is 1. The summed E-state index contributed by atoms with van der Waals surface area (Å²) in [6.07, 6.45) is -4.72. The van der Waals surface area contributed by atoms with Crippen molar-refractivity contribution in [2.75, 3.05) is 5.32 Å². The van der Waals surface area contributed by atoms with Gasteiger partial charge in [0.2, 0.25) is 0 Å². The Kier molecular flexibility index (Phi) is 4.76. The molecule has 0 bridgehead atoms. The fourth-order valence-electron chi connectivity index (χ4n) is 2.12. The maximum absolute atomic E-state index is 12.2. The predicted molar refractivity (Wildman–Crippen MR) is 89.7 cm³/mol. The number of halogens is 3. The molecule has 1 aromatic heterocycles. The van der Waals surface area contributed by atoms with Crippen LogP contribution in [0.15, 0.2) is 60.0 Å². The van der Waals surface area contributed by atoms with Gasteiger partial charge in [0, 0.05) is 5.69 Å². The summed E-state index contributed by atoms with van der Waals surface area (Å²) in [5.74, 6) is -0.537. The zero-order chi connectivity index (χ0) is 17.9. The number of alkyl halides is 3. The third-order valence-electron chi connectivity index (χ3n) is 3.22. The molecule has 25 heavy (non-hydrogen) atoms. The molecule has 0 saturated carbocycles. The summed E-state index contributed by atoms with van der Waals surface area (Å²) in [5.41, 5.74) is 2.10. The second kappa shape index (κ2) is 6.98. The normalized spacial score (nSPS) is 11.2. The minimum absolute atomic E-state index is 0.250. The second-order valence-corrected chi connectivity index (χ2v) is 5.93. The fourth-order valence-corrected chi connectivity index (χ4v) is 2.93. The lowest BCUT2D eigenvalue weighted by molar-refractivity contribution is -0.274. The van der Waals surface area contributed by atoms with Crippen LogP contribution in [0, 0.1) is 6.07 Å². The summed E-state index contributed by atoms with van der Waals surface area (Å²) < 4.78 is 40.3. The van der Waals surface area contributed by atoms with E-state index in [0.717, 1.165) is 5.56 Å². The molecule has 3 aromatic rings. The first-order chi connectivity index (χ1) is 11.9. The van der Waals surface area contributed by atoms with Crippen LogP contribution in [0.2, 0.25) is 0 Å². The van der Waals surface area contributed by atoms with Crippen LogP contribution >= 0.6 is 11.3 Å². The van der Waals surface area contributed by atoms with E-state index >= 15 is 0 Å². The molecule has 0 spiro atoms. The van der Waals surface area contributed by atoms with Gasteiger partial charge < -0.3 is 10.1 Å². The van der Waals surface area contributed by atoms with Crippen molar-refractivity contribution in [1.29, 1.82) is 0 Å². The van der Waals surface area contributed by atoms with E-state index in [4.69, 9.17) is 0 Å². The van der Waals surface area contributed by atoms with E-state index in [1.54, 1.807) is 35.7 Å². The highest BCUT2D eigenvalue weighted by molar-refractivity contribution is 7.12. The lowest BCUT2D eigenvalue weighted by Gasteiger charge is -2.08. The minimum Gasteiger partial charge on any atom is -0.406 e. The van der Waals surface area contributed by atoms with Crippen molar-refractivity contribution in [3.05, 3.63) is 70.9 Å². The molecule has 0 saturated heterocycles. The van der Waals surface area contributed by atoms with Gasteiger partial charge in [-0.2, -0.15) is 0 Å². The Morgan fingerprint density at radius 3 is 2.36 bits per heavy atom. The minimum atomic E-state index is -4.72. The van der Waals surface area contributed by atoms with Gasteiger partial charge in [-0.3, -0.25) is 4.79 Å². The molecule has 1 heterocycles. The average Bonchev–Trinajstić information content (AvgIpc) is 3.05. The standard InChI is InChI=1S/C18H11F3NO2S/c19-18(20,21)24-15-8-6-12(7-9-15)13-10-16(25-11-13)17(23)22-14-4-2-1-3-5-14/h2-11H,(H,22,23). The molecule has 127 valence electrons. The Labute approximate surface area is 145 Å². The van der Waals surface area contributed by atoms with Crippen molar-refractivity contribution in [2.24, 2.45) is 0 Å². The molecule has 3 nitrogen and oxygen atoms in total. The van der Waals surface area contributed by atoms with E-state index in [2.05, 4.69) is 16.1 Å². The molecule has 1 radical (unpaired) electrons. The number of thiophene rings is 1. The summed E-state index contributed by atoms with van der Waals surface area (Å²) in [7, 11) is 0. The number of carbonyl (C=O) groups is 1. The molecule has 0 unspecified atom stereocenters. The molecule has 1 amide bonds. The summed E-state index contributed by atoms with van der Waals surface area (Å²) in [4.78, 5) is 12.7. The largest absolute Gasteiger partial charge is 0.573 e. The lowest BCUT2D eigenvalue weighted by Crippen LogP contribution is -2.16. The number of rotatable bonds is 4. The Morgan fingerprint density at radius 1 is 1.04 bits per heavy atom. The zero-order valence-electron chi connectivity index (χ0n) is 12.6. The number of hydrogen-bond acceptors (Lipinski definition) is 3. The third kappa shape index (κ3) is 4.60. The van der Waals surface area contributed by atoms with Crippen molar-refractivity contribution in [2.45, 2.75) is 6.36 Å². The highest BCUT2D eigenvalue weighted by atomic mass is 32.1. The van der Waals surface area contributed by atoms with Gasteiger partial charge in [-0.1, -0.05) is 24.3 Å². The first-order valence-electron chi connectivity index (χ1n) is 7.13. The van der Waals surface area contributed by atoms with Crippen molar-refractivity contribution in [3.8, 4) is 16.9 Å². The van der Waals surface area contributed by atoms with E-state index < -0.39 is 6.36 Å². The first kappa shape index (κ1) is 17.0. The van der Waals surface area contributed by atoms with E-state index in [1.165, 1.54) is 35.6 Å². The van der Waals surface area contributed by atoms with Crippen LogP contribution in [0.25, 0.3) is 11.1 Å². The van der Waals surface area contributed by atoms with E-state index in [1.807, 2.05) is 0 Å². The summed E-state index contributed by atoms with van der Waals surface area (Å²) in [6.45, 7) is 0. The number of nitrogens with one attached hydrogen (secondary N) is 1. The molecule has 0 fully saturated rings. The molecular weight excluding hydrogens is 351 g/mol. The smallest absolute Gasteiger partial charge is 0.406 e. The van der Waals surface area contributed by atoms with Crippen LogP contribution < -0.4 is 10.1 Å². The molecule has 0 aliphatic carbocycles. The van der Waals surface area contributed by atoms with Crippen molar-refractivity contribution < 1.29 is 22.7 Å². The van der Waals surface area contributed by atoms with Gasteiger partial charge in [0.1, 0.15) is 5.75 Å². The van der Waals surface area contributed by atoms with Gasteiger partial charge in [-0.05, 0) is 52.9 Å². The van der Waals surface area contributed by atoms with Gasteiger partial charge in [0.05, 0.1) is 4.88 Å². The average molecular weight is 362 g/mol. The van der Waals surface area contributed by atoms with E-state index in [9.17, 15) is 18.0 Å². The predicted octanol–water partition coefficient (Wildman–Crippen LogP) is 5.37. The van der Waals surface area contributed by atoms with Crippen LogP contribution in [0.1, 0.15) is 9.67 Å². The molecule has 2 aromatic carbocycles. The Balaban J connectivity index is 1.71. The van der Waals surface area contributed by atoms with Gasteiger partial charge >= 0.3 is 6.36 Å². The number of ether oxygens (including phenoxy) is 1. The molecule has 7 heteroatoms. The SMILES string of the molecule is O=C(Nc1cc[c]cc1)c1cc(-c2ccc(OC(F)(F)F)cc2)cs1. The van der Waals surface area contributed by atoms with Gasteiger partial charge in [-0.25, -0.2) is 0 Å². The summed E-state index contributed by atoms with van der Waals surface area (Å²) >= 11 is 1.25. The summed E-state index contributed by atoms with van der Waals surface area (Å²) in [6, 6.07) is 16.9. The maximum Gasteiger partial charge on any atom is 0.573 e. The Hall–Kier alpha value is -2.80. The van der Waals surface area contributed by atoms with Crippen LogP contribution in [-0.2, 0) is 0 Å². The van der Waals surface area contributed by atoms with Crippen LogP contribution in [0.5, 0.6) is 5.75 Å². The number of hydrogen-bond donors (Lipinski definition) is 1. The zero-order valence-corrected chi connectivity index (χ0v) is 13.4. The number of benzene rings is 2. The monoisotopic (exact) mass is 362 g/mol. The lowest BCUT2D eigenvalue weighted by atomic mass is 10.1. The topological polar surface area (TPSA) is 38.3 Å².